The van der Waals surface area contributed by atoms with E-state index >= 15 is 0 Å². The molecule has 2 atom stereocenters. The number of phenolic OH excluding ortho intramolecular Hbond substituents is 1. The van der Waals surface area contributed by atoms with Crippen LogP contribution >= 0.6 is 0 Å². The molecule has 2 heterocycles. The third-order valence-corrected chi connectivity index (χ3v) is 6.93. The van der Waals surface area contributed by atoms with Gasteiger partial charge in [-0.3, -0.25) is 9.69 Å². The summed E-state index contributed by atoms with van der Waals surface area (Å²) in [6.07, 6.45) is 7.14. The number of aromatic hydroxyl groups is 1. The lowest BCUT2D eigenvalue weighted by Gasteiger charge is -2.52. The van der Waals surface area contributed by atoms with Crippen LogP contribution in [0.1, 0.15) is 74.2 Å². The van der Waals surface area contributed by atoms with Gasteiger partial charge in [-0.1, -0.05) is 38.8 Å². The fourth-order valence-corrected chi connectivity index (χ4v) is 5.46. The second-order valence-electron chi connectivity index (χ2n) is 9.04. The molecule has 3 fully saturated rings. The lowest BCUT2D eigenvalue weighted by atomic mass is 9.78. The van der Waals surface area contributed by atoms with E-state index in [1.54, 1.807) is 6.07 Å². The summed E-state index contributed by atoms with van der Waals surface area (Å²) >= 11 is 0. The Morgan fingerprint density at radius 2 is 1.96 bits per heavy atom. The summed E-state index contributed by atoms with van der Waals surface area (Å²) in [6, 6.07) is 5.95. The summed E-state index contributed by atoms with van der Waals surface area (Å²) in [7, 11) is 0. The Bertz CT molecular complexity index is 710. The maximum absolute atomic E-state index is 13.3. The summed E-state index contributed by atoms with van der Waals surface area (Å²) in [5.41, 5.74) is 1.01. The Kier molecular flexibility index (Phi) is 5.66. The first-order valence-corrected chi connectivity index (χ1v) is 11.0. The van der Waals surface area contributed by atoms with Gasteiger partial charge in [-0.15, -0.1) is 0 Å². The minimum atomic E-state index is -0.248. The normalized spacial score (nSPS) is 29.0. The maximum atomic E-state index is 13.3. The van der Waals surface area contributed by atoms with Gasteiger partial charge in [0.15, 0.2) is 0 Å². The SMILES string of the molecule is CC(C)c1cccc(C(=O)N2CCOC3(CCCCC3N3CCCC3)C2)c1O. The first kappa shape index (κ1) is 19.7. The highest BCUT2D eigenvalue weighted by Crippen LogP contribution is 2.40. The molecule has 154 valence electrons. The zero-order valence-electron chi connectivity index (χ0n) is 17.3. The van der Waals surface area contributed by atoms with Crippen molar-refractivity contribution in [2.24, 2.45) is 0 Å². The lowest BCUT2D eigenvalue weighted by molar-refractivity contribution is -0.156. The van der Waals surface area contributed by atoms with Crippen LogP contribution in [0.15, 0.2) is 18.2 Å². The van der Waals surface area contributed by atoms with Gasteiger partial charge in [0.05, 0.1) is 18.7 Å². The summed E-state index contributed by atoms with van der Waals surface area (Å²) in [6.45, 7) is 8.20. The van der Waals surface area contributed by atoms with E-state index < -0.39 is 0 Å². The van der Waals surface area contributed by atoms with Gasteiger partial charge in [0, 0.05) is 12.6 Å². The Hall–Kier alpha value is -1.59. The first-order chi connectivity index (χ1) is 13.5. The molecule has 1 aromatic rings. The fourth-order valence-electron chi connectivity index (χ4n) is 5.46. The Morgan fingerprint density at radius 3 is 2.71 bits per heavy atom. The van der Waals surface area contributed by atoms with Crippen molar-refractivity contribution >= 4 is 5.91 Å². The van der Waals surface area contributed by atoms with Gasteiger partial charge in [-0.25, -0.2) is 0 Å². The monoisotopic (exact) mass is 386 g/mol. The summed E-state index contributed by atoms with van der Waals surface area (Å²) in [5.74, 6) is 0.262. The van der Waals surface area contributed by atoms with Crippen LogP contribution in [0.2, 0.25) is 0 Å². The number of para-hydroxylation sites is 1. The number of hydrogen-bond acceptors (Lipinski definition) is 4. The Morgan fingerprint density at radius 1 is 1.18 bits per heavy atom. The maximum Gasteiger partial charge on any atom is 0.257 e. The lowest BCUT2D eigenvalue weighted by Crippen LogP contribution is -2.64. The number of amides is 1. The average molecular weight is 387 g/mol. The predicted molar refractivity (Wildman–Crippen MR) is 110 cm³/mol. The summed E-state index contributed by atoms with van der Waals surface area (Å²) < 4.78 is 6.44. The van der Waals surface area contributed by atoms with Gasteiger partial charge in [0.25, 0.3) is 5.91 Å². The van der Waals surface area contributed by atoms with Gasteiger partial charge >= 0.3 is 0 Å². The first-order valence-electron chi connectivity index (χ1n) is 11.0. The van der Waals surface area contributed by atoms with E-state index in [4.69, 9.17) is 4.74 Å². The van der Waals surface area contributed by atoms with Gasteiger partial charge in [0.2, 0.25) is 0 Å². The molecule has 1 amide bonds. The highest BCUT2D eigenvalue weighted by molar-refractivity contribution is 5.97. The molecule has 2 saturated heterocycles. The molecule has 28 heavy (non-hydrogen) atoms. The molecule has 0 bridgehead atoms. The van der Waals surface area contributed by atoms with Crippen molar-refractivity contribution in [1.82, 2.24) is 9.80 Å². The molecule has 1 aliphatic carbocycles. The van der Waals surface area contributed by atoms with Crippen LogP contribution in [0.25, 0.3) is 0 Å². The molecule has 1 spiro atoms. The van der Waals surface area contributed by atoms with E-state index in [-0.39, 0.29) is 23.2 Å². The number of benzene rings is 1. The molecule has 3 aliphatic rings. The van der Waals surface area contributed by atoms with Gasteiger partial charge < -0.3 is 14.7 Å². The highest BCUT2D eigenvalue weighted by Gasteiger charge is 2.48. The Labute approximate surface area is 168 Å². The van der Waals surface area contributed by atoms with Crippen molar-refractivity contribution in [1.29, 1.82) is 0 Å². The molecular weight excluding hydrogens is 352 g/mol. The number of likely N-dealkylation sites (tertiary alicyclic amines) is 1. The second-order valence-corrected chi connectivity index (χ2v) is 9.04. The van der Waals surface area contributed by atoms with Crippen LogP contribution in [-0.4, -0.2) is 65.2 Å². The van der Waals surface area contributed by atoms with Crippen molar-refractivity contribution in [2.45, 2.75) is 69.9 Å². The quantitative estimate of drug-likeness (QED) is 0.859. The molecule has 4 rings (SSSR count). The number of nitrogens with zero attached hydrogens (tertiary/aromatic N) is 2. The van der Waals surface area contributed by atoms with Crippen LogP contribution in [0.4, 0.5) is 0 Å². The van der Waals surface area contributed by atoms with Crippen molar-refractivity contribution < 1.29 is 14.6 Å². The zero-order valence-corrected chi connectivity index (χ0v) is 17.3. The van der Waals surface area contributed by atoms with Crippen LogP contribution in [0.5, 0.6) is 5.75 Å². The molecule has 5 nitrogen and oxygen atoms in total. The molecule has 0 radical (unpaired) electrons. The van der Waals surface area contributed by atoms with Crippen molar-refractivity contribution in [3.05, 3.63) is 29.3 Å². The number of carbonyl (C=O) groups is 1. The predicted octanol–water partition coefficient (Wildman–Crippen LogP) is 3.77. The zero-order chi connectivity index (χ0) is 19.7. The van der Waals surface area contributed by atoms with E-state index in [2.05, 4.69) is 4.90 Å². The molecular formula is C23H34N2O3. The molecule has 2 aliphatic heterocycles. The highest BCUT2D eigenvalue weighted by atomic mass is 16.5. The third-order valence-electron chi connectivity index (χ3n) is 6.93. The van der Waals surface area contributed by atoms with Crippen molar-refractivity contribution in [3.8, 4) is 5.75 Å². The second kappa shape index (κ2) is 8.03. The Balaban J connectivity index is 1.58. The number of ether oxygens (including phenoxy) is 1. The van der Waals surface area contributed by atoms with E-state index in [0.29, 0.717) is 31.3 Å². The number of carbonyl (C=O) groups excluding carboxylic acids is 1. The average Bonchev–Trinajstić information content (AvgIpc) is 3.22. The summed E-state index contributed by atoms with van der Waals surface area (Å²) in [5, 5.41) is 10.7. The van der Waals surface area contributed by atoms with E-state index in [1.165, 1.54) is 25.7 Å². The third kappa shape index (κ3) is 3.55. The standard InChI is InChI=1S/C23H34N2O3/c1-17(2)18-8-7-9-19(21(18)26)22(27)25-14-15-28-23(16-25)11-4-3-10-20(23)24-12-5-6-13-24/h7-9,17,20,26H,3-6,10-16H2,1-2H3. The number of morpholine rings is 1. The molecule has 1 aromatic carbocycles. The fraction of sp³-hybridized carbons (Fsp3) is 0.696. The van der Waals surface area contributed by atoms with Gasteiger partial charge in [-0.05, 0) is 56.3 Å². The molecule has 2 unspecified atom stereocenters. The number of phenols is 1. The topological polar surface area (TPSA) is 53.0 Å². The molecule has 1 N–H and O–H groups in total. The van der Waals surface area contributed by atoms with E-state index in [0.717, 1.165) is 31.5 Å². The van der Waals surface area contributed by atoms with Crippen molar-refractivity contribution in [2.75, 3.05) is 32.8 Å². The number of hydrogen-bond donors (Lipinski definition) is 1. The van der Waals surface area contributed by atoms with Crippen LogP contribution in [-0.2, 0) is 4.74 Å². The van der Waals surface area contributed by atoms with E-state index in [1.807, 2.05) is 30.9 Å². The molecule has 0 aromatic heterocycles. The van der Waals surface area contributed by atoms with Gasteiger partial charge in [-0.2, -0.15) is 0 Å². The largest absolute Gasteiger partial charge is 0.507 e. The van der Waals surface area contributed by atoms with Crippen LogP contribution in [0.3, 0.4) is 0 Å². The molecule has 1 saturated carbocycles. The smallest absolute Gasteiger partial charge is 0.257 e. The minimum Gasteiger partial charge on any atom is -0.507 e. The number of rotatable bonds is 3. The minimum absolute atomic E-state index is 0.0616. The van der Waals surface area contributed by atoms with Crippen LogP contribution in [0, 0.1) is 0 Å². The van der Waals surface area contributed by atoms with Crippen molar-refractivity contribution in [3.63, 3.8) is 0 Å². The summed E-state index contributed by atoms with van der Waals surface area (Å²) in [4.78, 5) is 17.9. The van der Waals surface area contributed by atoms with E-state index in [9.17, 15) is 9.90 Å². The van der Waals surface area contributed by atoms with Gasteiger partial charge in [0.1, 0.15) is 11.4 Å². The molecule has 5 heteroatoms. The van der Waals surface area contributed by atoms with Crippen LogP contribution < -0.4 is 0 Å².